The van der Waals surface area contributed by atoms with Gasteiger partial charge in [-0.05, 0) is 31.5 Å². The average molecular weight is 261 g/mol. The van der Waals surface area contributed by atoms with Crippen LogP contribution in [0.1, 0.15) is 23.1 Å². The van der Waals surface area contributed by atoms with Gasteiger partial charge in [-0.15, -0.1) is 0 Å². The number of rotatable bonds is 3. The van der Waals surface area contributed by atoms with Crippen LogP contribution < -0.4 is 11.3 Å². The van der Waals surface area contributed by atoms with Crippen molar-refractivity contribution in [2.75, 3.05) is 0 Å². The van der Waals surface area contributed by atoms with Gasteiger partial charge in [0.25, 0.3) is 5.56 Å². The van der Waals surface area contributed by atoms with Gasteiger partial charge in [0.1, 0.15) is 11.6 Å². The number of halogens is 1. The number of hydrogen-bond donors (Lipinski definition) is 1. The van der Waals surface area contributed by atoms with Crippen LogP contribution in [0.5, 0.6) is 0 Å². The van der Waals surface area contributed by atoms with E-state index >= 15 is 0 Å². The number of hydrogen-bond acceptors (Lipinski definition) is 3. The molecular formula is C14H16FN3O. The Labute approximate surface area is 110 Å². The Bertz CT molecular complexity index is 634. The molecule has 1 unspecified atom stereocenters. The Kier molecular flexibility index (Phi) is 3.76. The van der Waals surface area contributed by atoms with Crippen molar-refractivity contribution < 1.29 is 4.39 Å². The summed E-state index contributed by atoms with van der Waals surface area (Å²) >= 11 is 0. The molecule has 0 aliphatic heterocycles. The number of benzene rings is 1. The lowest BCUT2D eigenvalue weighted by Crippen LogP contribution is -2.29. The smallest absolute Gasteiger partial charge is 0.253 e. The van der Waals surface area contributed by atoms with E-state index in [1.807, 2.05) is 0 Å². The zero-order valence-electron chi connectivity index (χ0n) is 10.9. The molecule has 4 nitrogen and oxygen atoms in total. The van der Waals surface area contributed by atoms with Crippen molar-refractivity contribution in [2.45, 2.75) is 26.4 Å². The second-order valence-electron chi connectivity index (χ2n) is 4.55. The van der Waals surface area contributed by atoms with E-state index in [0.29, 0.717) is 18.1 Å². The van der Waals surface area contributed by atoms with Crippen LogP contribution in [0.4, 0.5) is 4.39 Å². The van der Waals surface area contributed by atoms with Crippen molar-refractivity contribution in [3.8, 4) is 0 Å². The van der Waals surface area contributed by atoms with Crippen LogP contribution in [-0.2, 0) is 6.54 Å². The highest BCUT2D eigenvalue weighted by Crippen LogP contribution is 2.13. The Balaban J connectivity index is 2.26. The summed E-state index contributed by atoms with van der Waals surface area (Å²) in [6.07, 6.45) is 0. The van der Waals surface area contributed by atoms with Crippen molar-refractivity contribution in [3.63, 3.8) is 0 Å². The van der Waals surface area contributed by atoms with E-state index in [0.717, 1.165) is 5.56 Å². The molecule has 0 fully saturated rings. The lowest BCUT2D eigenvalue weighted by Gasteiger charge is -2.16. The van der Waals surface area contributed by atoms with E-state index in [-0.39, 0.29) is 17.4 Å². The summed E-state index contributed by atoms with van der Waals surface area (Å²) < 4.78 is 14.4. The van der Waals surface area contributed by atoms with Crippen LogP contribution in [0.2, 0.25) is 0 Å². The molecule has 1 heterocycles. The lowest BCUT2D eigenvalue weighted by atomic mass is 10.1. The standard InChI is InChI=1S/C14H16FN3O/c1-9-7-14(19)18(10(2)17-9)8-13(16)11-3-5-12(15)6-4-11/h3-7,13H,8,16H2,1-2H3. The second-order valence-corrected chi connectivity index (χ2v) is 4.55. The van der Waals surface area contributed by atoms with Crippen molar-refractivity contribution in [2.24, 2.45) is 5.73 Å². The summed E-state index contributed by atoms with van der Waals surface area (Å²) in [5.74, 6) is 0.323. The van der Waals surface area contributed by atoms with Crippen LogP contribution in [0.25, 0.3) is 0 Å². The molecule has 1 atom stereocenters. The first-order chi connectivity index (χ1) is 8.97. The SMILES string of the molecule is Cc1cc(=O)n(CC(N)c2ccc(F)cc2)c(C)n1. The minimum atomic E-state index is -0.374. The van der Waals surface area contributed by atoms with Crippen LogP contribution in [0.3, 0.4) is 0 Å². The fourth-order valence-corrected chi connectivity index (χ4v) is 2.00. The molecule has 0 spiro atoms. The number of aryl methyl sites for hydroxylation is 2. The second kappa shape index (κ2) is 5.32. The predicted octanol–water partition coefficient (Wildman–Crippen LogP) is 1.70. The molecular weight excluding hydrogens is 245 g/mol. The molecule has 2 aromatic rings. The van der Waals surface area contributed by atoms with Gasteiger partial charge in [0.15, 0.2) is 0 Å². The van der Waals surface area contributed by atoms with Gasteiger partial charge in [-0.2, -0.15) is 0 Å². The monoisotopic (exact) mass is 261 g/mol. The van der Waals surface area contributed by atoms with Crippen LogP contribution in [0, 0.1) is 19.7 Å². The van der Waals surface area contributed by atoms with E-state index in [2.05, 4.69) is 4.98 Å². The lowest BCUT2D eigenvalue weighted by molar-refractivity contribution is 0.537. The molecule has 0 aliphatic carbocycles. The van der Waals surface area contributed by atoms with Crippen molar-refractivity contribution in [1.82, 2.24) is 9.55 Å². The number of nitrogens with zero attached hydrogens (tertiary/aromatic N) is 2. The van der Waals surface area contributed by atoms with Gasteiger partial charge >= 0.3 is 0 Å². The van der Waals surface area contributed by atoms with E-state index in [9.17, 15) is 9.18 Å². The molecule has 5 heteroatoms. The third-order valence-electron chi connectivity index (χ3n) is 3.00. The van der Waals surface area contributed by atoms with Gasteiger partial charge in [0.05, 0.1) is 0 Å². The van der Waals surface area contributed by atoms with Gasteiger partial charge < -0.3 is 5.73 Å². The highest BCUT2D eigenvalue weighted by Gasteiger charge is 2.10. The fraction of sp³-hybridized carbons (Fsp3) is 0.286. The number of aromatic nitrogens is 2. The van der Waals surface area contributed by atoms with E-state index in [4.69, 9.17) is 5.73 Å². The Morgan fingerprint density at radius 2 is 1.95 bits per heavy atom. The summed E-state index contributed by atoms with van der Waals surface area (Å²) in [6.45, 7) is 3.87. The maximum absolute atomic E-state index is 12.8. The average Bonchev–Trinajstić information content (AvgIpc) is 2.34. The van der Waals surface area contributed by atoms with Crippen LogP contribution in [0.15, 0.2) is 35.1 Å². The summed E-state index contributed by atoms with van der Waals surface area (Å²) in [6, 6.07) is 7.08. The van der Waals surface area contributed by atoms with Gasteiger partial charge in [0, 0.05) is 24.3 Å². The fourth-order valence-electron chi connectivity index (χ4n) is 2.00. The van der Waals surface area contributed by atoms with Crippen LogP contribution in [-0.4, -0.2) is 9.55 Å². The molecule has 1 aromatic carbocycles. The van der Waals surface area contributed by atoms with Gasteiger partial charge in [0.2, 0.25) is 0 Å². The molecule has 0 radical (unpaired) electrons. The molecule has 0 aliphatic rings. The Hall–Kier alpha value is -2.01. The van der Waals surface area contributed by atoms with Gasteiger partial charge in [-0.3, -0.25) is 9.36 Å². The predicted molar refractivity (Wildman–Crippen MR) is 71.3 cm³/mol. The summed E-state index contributed by atoms with van der Waals surface area (Å²) in [5.41, 5.74) is 7.39. The largest absolute Gasteiger partial charge is 0.322 e. The molecule has 100 valence electrons. The zero-order chi connectivity index (χ0) is 14.0. The van der Waals surface area contributed by atoms with Crippen LogP contribution >= 0.6 is 0 Å². The minimum Gasteiger partial charge on any atom is -0.322 e. The molecule has 0 bridgehead atoms. The molecule has 19 heavy (non-hydrogen) atoms. The third kappa shape index (κ3) is 3.06. The topological polar surface area (TPSA) is 60.9 Å². The zero-order valence-corrected chi connectivity index (χ0v) is 10.9. The Morgan fingerprint density at radius 1 is 1.32 bits per heavy atom. The highest BCUT2D eigenvalue weighted by atomic mass is 19.1. The Morgan fingerprint density at radius 3 is 2.53 bits per heavy atom. The summed E-state index contributed by atoms with van der Waals surface area (Å²) in [4.78, 5) is 16.1. The van der Waals surface area contributed by atoms with Crippen molar-refractivity contribution in [1.29, 1.82) is 0 Å². The molecule has 2 N–H and O–H groups in total. The van der Waals surface area contributed by atoms with Gasteiger partial charge in [-0.1, -0.05) is 12.1 Å². The molecule has 0 amide bonds. The maximum Gasteiger partial charge on any atom is 0.253 e. The minimum absolute atomic E-state index is 0.123. The quantitative estimate of drug-likeness (QED) is 0.914. The third-order valence-corrected chi connectivity index (χ3v) is 3.00. The first kappa shape index (κ1) is 13.4. The van der Waals surface area contributed by atoms with E-state index in [1.165, 1.54) is 22.8 Å². The van der Waals surface area contributed by atoms with Gasteiger partial charge in [-0.25, -0.2) is 9.37 Å². The summed E-state index contributed by atoms with van der Waals surface area (Å²) in [5, 5.41) is 0. The van der Waals surface area contributed by atoms with Crippen molar-refractivity contribution >= 4 is 0 Å². The molecule has 1 aromatic heterocycles. The van der Waals surface area contributed by atoms with Crippen molar-refractivity contribution in [3.05, 3.63) is 63.6 Å². The first-order valence-electron chi connectivity index (χ1n) is 6.03. The molecule has 0 saturated carbocycles. The molecule has 0 saturated heterocycles. The van der Waals surface area contributed by atoms with E-state index in [1.54, 1.807) is 26.0 Å². The summed E-state index contributed by atoms with van der Waals surface area (Å²) in [7, 11) is 0. The van der Waals surface area contributed by atoms with E-state index < -0.39 is 0 Å². The number of nitrogens with two attached hydrogens (primary N) is 1. The first-order valence-corrected chi connectivity index (χ1v) is 6.03. The maximum atomic E-state index is 12.8. The highest BCUT2D eigenvalue weighted by molar-refractivity contribution is 5.19. The normalized spacial score (nSPS) is 12.4. The molecule has 2 rings (SSSR count).